The zero-order valence-corrected chi connectivity index (χ0v) is 10.7. The lowest BCUT2D eigenvalue weighted by Gasteiger charge is -2.26. The van der Waals surface area contributed by atoms with Crippen molar-refractivity contribution in [2.75, 3.05) is 0 Å². The van der Waals surface area contributed by atoms with Crippen molar-refractivity contribution in [1.29, 1.82) is 0 Å². The molecule has 2 aromatic rings. The fourth-order valence-electron chi connectivity index (χ4n) is 2.64. The van der Waals surface area contributed by atoms with E-state index in [9.17, 15) is 0 Å². The third-order valence-corrected chi connectivity index (χ3v) is 4.08. The summed E-state index contributed by atoms with van der Waals surface area (Å²) >= 11 is 0. The molecular weight excluding hydrogens is 222 g/mol. The number of rotatable bonds is 3. The van der Waals surface area contributed by atoms with Gasteiger partial charge in [0, 0.05) is 5.56 Å². The maximum atomic E-state index is 6.33. The Labute approximate surface area is 108 Å². The van der Waals surface area contributed by atoms with E-state index in [1.54, 1.807) is 6.26 Å². The van der Waals surface area contributed by atoms with Crippen molar-refractivity contribution in [2.24, 2.45) is 5.73 Å². The summed E-state index contributed by atoms with van der Waals surface area (Å²) in [7, 11) is 0. The van der Waals surface area contributed by atoms with Crippen LogP contribution < -0.4 is 5.73 Å². The molecule has 0 aliphatic heterocycles. The SMILES string of the molecule is Cc1occc1C(N)c1cccc(C2CCC2)c1. The van der Waals surface area contributed by atoms with E-state index in [0.717, 1.165) is 17.2 Å². The molecular formula is C16H19NO. The monoisotopic (exact) mass is 241 g/mol. The molecule has 2 nitrogen and oxygen atoms in total. The van der Waals surface area contributed by atoms with Crippen molar-refractivity contribution in [3.05, 3.63) is 59.0 Å². The lowest BCUT2D eigenvalue weighted by atomic mass is 9.79. The van der Waals surface area contributed by atoms with Gasteiger partial charge in [-0.1, -0.05) is 30.7 Å². The highest BCUT2D eigenvalue weighted by molar-refractivity contribution is 5.36. The van der Waals surface area contributed by atoms with E-state index < -0.39 is 0 Å². The van der Waals surface area contributed by atoms with E-state index in [4.69, 9.17) is 10.2 Å². The molecule has 1 atom stereocenters. The number of hydrogen-bond acceptors (Lipinski definition) is 2. The van der Waals surface area contributed by atoms with Gasteiger partial charge < -0.3 is 10.2 Å². The van der Waals surface area contributed by atoms with Crippen LogP contribution in [0.15, 0.2) is 41.0 Å². The molecule has 0 saturated heterocycles. The molecule has 18 heavy (non-hydrogen) atoms. The van der Waals surface area contributed by atoms with Crippen molar-refractivity contribution in [1.82, 2.24) is 0 Å². The van der Waals surface area contributed by atoms with Crippen molar-refractivity contribution in [3.63, 3.8) is 0 Å². The highest BCUT2D eigenvalue weighted by Gasteiger charge is 2.21. The first kappa shape index (κ1) is 11.5. The standard InChI is InChI=1S/C16H19NO/c1-11-15(8-9-18-11)16(17)14-7-3-6-13(10-14)12-4-2-5-12/h3,6-10,12,16H,2,4-5,17H2,1H3. The Kier molecular flexibility index (Phi) is 2.96. The topological polar surface area (TPSA) is 39.2 Å². The lowest BCUT2D eigenvalue weighted by molar-refractivity contribution is 0.419. The highest BCUT2D eigenvalue weighted by atomic mass is 16.3. The predicted molar refractivity (Wildman–Crippen MR) is 72.5 cm³/mol. The molecule has 0 bridgehead atoms. The molecule has 0 amide bonds. The molecule has 1 fully saturated rings. The van der Waals surface area contributed by atoms with Crippen LogP contribution in [0.2, 0.25) is 0 Å². The molecule has 1 aromatic heterocycles. The van der Waals surface area contributed by atoms with Crippen LogP contribution >= 0.6 is 0 Å². The summed E-state index contributed by atoms with van der Waals surface area (Å²) in [5.74, 6) is 1.67. The van der Waals surface area contributed by atoms with Crippen LogP contribution in [-0.2, 0) is 0 Å². The second-order valence-electron chi connectivity index (χ2n) is 5.21. The molecule has 3 rings (SSSR count). The van der Waals surface area contributed by atoms with E-state index in [-0.39, 0.29) is 6.04 Å². The van der Waals surface area contributed by atoms with Crippen molar-refractivity contribution < 1.29 is 4.42 Å². The molecule has 0 spiro atoms. The number of nitrogens with two attached hydrogens (primary N) is 1. The van der Waals surface area contributed by atoms with Crippen LogP contribution in [-0.4, -0.2) is 0 Å². The second-order valence-corrected chi connectivity index (χ2v) is 5.21. The van der Waals surface area contributed by atoms with E-state index in [1.807, 2.05) is 13.0 Å². The first-order valence-corrected chi connectivity index (χ1v) is 6.65. The summed E-state index contributed by atoms with van der Waals surface area (Å²) in [4.78, 5) is 0. The first-order chi connectivity index (χ1) is 8.75. The maximum absolute atomic E-state index is 6.33. The summed E-state index contributed by atoms with van der Waals surface area (Å²) in [6.45, 7) is 1.96. The molecule has 94 valence electrons. The van der Waals surface area contributed by atoms with Gasteiger partial charge in [0.2, 0.25) is 0 Å². The van der Waals surface area contributed by atoms with Crippen LogP contribution in [0.3, 0.4) is 0 Å². The minimum atomic E-state index is -0.0798. The minimum Gasteiger partial charge on any atom is -0.469 e. The number of furan rings is 1. The average molecular weight is 241 g/mol. The fraction of sp³-hybridized carbons (Fsp3) is 0.375. The normalized spacial score (nSPS) is 17.4. The van der Waals surface area contributed by atoms with E-state index in [0.29, 0.717) is 0 Å². The van der Waals surface area contributed by atoms with Gasteiger partial charge in [0.25, 0.3) is 0 Å². The van der Waals surface area contributed by atoms with Gasteiger partial charge in [-0.3, -0.25) is 0 Å². The third-order valence-electron chi connectivity index (χ3n) is 4.08. The van der Waals surface area contributed by atoms with Gasteiger partial charge in [0.15, 0.2) is 0 Å². The summed E-state index contributed by atoms with van der Waals surface area (Å²) in [6, 6.07) is 10.6. The molecule has 1 saturated carbocycles. The van der Waals surface area contributed by atoms with Gasteiger partial charge in [-0.15, -0.1) is 0 Å². The Bertz CT molecular complexity index is 540. The molecule has 2 heteroatoms. The van der Waals surface area contributed by atoms with Crippen LogP contribution in [0.5, 0.6) is 0 Å². The Morgan fingerprint density at radius 3 is 2.72 bits per heavy atom. The Morgan fingerprint density at radius 2 is 2.11 bits per heavy atom. The largest absolute Gasteiger partial charge is 0.469 e. The Balaban J connectivity index is 1.89. The van der Waals surface area contributed by atoms with Gasteiger partial charge in [-0.2, -0.15) is 0 Å². The molecule has 2 N–H and O–H groups in total. The van der Waals surface area contributed by atoms with Crippen molar-refractivity contribution in [2.45, 2.75) is 38.1 Å². The van der Waals surface area contributed by atoms with E-state index >= 15 is 0 Å². The van der Waals surface area contributed by atoms with Gasteiger partial charge >= 0.3 is 0 Å². The highest BCUT2D eigenvalue weighted by Crippen LogP contribution is 2.37. The Hall–Kier alpha value is -1.54. The average Bonchev–Trinajstić information content (AvgIpc) is 2.73. The zero-order valence-electron chi connectivity index (χ0n) is 10.7. The molecule has 1 aliphatic carbocycles. The molecule has 0 radical (unpaired) electrons. The molecule has 1 aliphatic rings. The van der Waals surface area contributed by atoms with E-state index in [1.165, 1.54) is 30.4 Å². The Morgan fingerprint density at radius 1 is 1.28 bits per heavy atom. The van der Waals surface area contributed by atoms with Crippen LogP contribution in [0.25, 0.3) is 0 Å². The van der Waals surface area contributed by atoms with Crippen molar-refractivity contribution >= 4 is 0 Å². The number of hydrogen-bond donors (Lipinski definition) is 1. The van der Waals surface area contributed by atoms with Gasteiger partial charge in [0.1, 0.15) is 5.76 Å². The maximum Gasteiger partial charge on any atom is 0.105 e. The van der Waals surface area contributed by atoms with Crippen molar-refractivity contribution in [3.8, 4) is 0 Å². The fourth-order valence-corrected chi connectivity index (χ4v) is 2.64. The van der Waals surface area contributed by atoms with Crippen LogP contribution in [0.4, 0.5) is 0 Å². The van der Waals surface area contributed by atoms with E-state index in [2.05, 4.69) is 24.3 Å². The zero-order chi connectivity index (χ0) is 12.5. The van der Waals surface area contributed by atoms with Crippen LogP contribution in [0, 0.1) is 6.92 Å². The van der Waals surface area contributed by atoms with Gasteiger partial charge in [0.05, 0.1) is 12.3 Å². The smallest absolute Gasteiger partial charge is 0.105 e. The summed E-state index contributed by atoms with van der Waals surface area (Å²) < 4.78 is 5.34. The van der Waals surface area contributed by atoms with Crippen LogP contribution in [0.1, 0.15) is 53.7 Å². The van der Waals surface area contributed by atoms with Gasteiger partial charge in [-0.05, 0) is 42.9 Å². The summed E-state index contributed by atoms with van der Waals surface area (Å²) in [5, 5.41) is 0. The van der Waals surface area contributed by atoms with Gasteiger partial charge in [-0.25, -0.2) is 0 Å². The third kappa shape index (κ3) is 1.97. The summed E-state index contributed by atoms with van der Waals surface area (Å²) in [5.41, 5.74) is 10.0. The minimum absolute atomic E-state index is 0.0798. The quantitative estimate of drug-likeness (QED) is 0.885. The first-order valence-electron chi connectivity index (χ1n) is 6.65. The molecule has 1 unspecified atom stereocenters. The summed E-state index contributed by atoms with van der Waals surface area (Å²) in [6.07, 6.45) is 5.72. The molecule has 1 aromatic carbocycles. The second kappa shape index (κ2) is 4.62. The predicted octanol–water partition coefficient (Wildman–Crippen LogP) is 3.90. The number of aryl methyl sites for hydroxylation is 1. The number of benzene rings is 1. The lowest BCUT2D eigenvalue weighted by Crippen LogP contribution is -2.14. The molecule has 1 heterocycles.